The second-order valence-electron chi connectivity index (χ2n) is 5.21. The van der Waals surface area contributed by atoms with Gasteiger partial charge in [0.15, 0.2) is 0 Å². The standard InChI is InChI=1S/C13H26N2O3/c1-15(8-12(16)10-18-2)9-13(17)14-11-6-4-3-5-7-11/h11-12,16H,3-10H2,1-2H3,(H,14,17). The predicted octanol–water partition coefficient (Wildman–Crippen LogP) is 0.374. The molecule has 0 spiro atoms. The molecule has 1 amide bonds. The molecule has 0 saturated heterocycles. The fourth-order valence-corrected chi connectivity index (χ4v) is 2.43. The highest BCUT2D eigenvalue weighted by Crippen LogP contribution is 2.17. The first-order valence-corrected chi connectivity index (χ1v) is 6.76. The van der Waals surface area contributed by atoms with Crippen LogP contribution < -0.4 is 5.32 Å². The molecule has 106 valence electrons. The number of aliphatic hydroxyl groups is 1. The number of ether oxygens (including phenoxy) is 1. The second kappa shape index (κ2) is 8.45. The number of carbonyl (C=O) groups excluding carboxylic acids is 1. The number of methoxy groups -OCH3 is 1. The lowest BCUT2D eigenvalue weighted by molar-refractivity contribution is -0.123. The third kappa shape index (κ3) is 6.33. The zero-order valence-corrected chi connectivity index (χ0v) is 11.5. The third-order valence-electron chi connectivity index (χ3n) is 3.27. The van der Waals surface area contributed by atoms with E-state index in [0.29, 0.717) is 25.7 Å². The highest BCUT2D eigenvalue weighted by atomic mass is 16.5. The number of carbonyl (C=O) groups is 1. The molecule has 5 heteroatoms. The van der Waals surface area contributed by atoms with Crippen LogP contribution in [0.1, 0.15) is 32.1 Å². The van der Waals surface area contributed by atoms with Gasteiger partial charge in [-0.15, -0.1) is 0 Å². The Morgan fingerprint density at radius 3 is 2.72 bits per heavy atom. The van der Waals surface area contributed by atoms with Gasteiger partial charge in [0, 0.05) is 19.7 Å². The first-order chi connectivity index (χ1) is 8.61. The van der Waals surface area contributed by atoms with Crippen LogP contribution in [0.4, 0.5) is 0 Å². The molecule has 1 fully saturated rings. The number of hydrogen-bond donors (Lipinski definition) is 2. The summed E-state index contributed by atoms with van der Waals surface area (Å²) in [5.74, 6) is 0.0500. The second-order valence-corrected chi connectivity index (χ2v) is 5.21. The highest BCUT2D eigenvalue weighted by Gasteiger charge is 2.17. The summed E-state index contributed by atoms with van der Waals surface area (Å²) in [5, 5.41) is 12.6. The average molecular weight is 258 g/mol. The minimum Gasteiger partial charge on any atom is -0.389 e. The van der Waals surface area contributed by atoms with E-state index < -0.39 is 6.10 Å². The Hall–Kier alpha value is -0.650. The van der Waals surface area contributed by atoms with Crippen molar-refractivity contribution in [2.45, 2.75) is 44.2 Å². The summed E-state index contributed by atoms with van der Waals surface area (Å²) in [6.07, 6.45) is 5.38. The van der Waals surface area contributed by atoms with Crippen LogP contribution in [0.15, 0.2) is 0 Å². The van der Waals surface area contributed by atoms with E-state index in [1.165, 1.54) is 19.3 Å². The van der Waals surface area contributed by atoms with Crippen LogP contribution in [-0.4, -0.2) is 61.9 Å². The summed E-state index contributed by atoms with van der Waals surface area (Å²) < 4.78 is 4.85. The van der Waals surface area contributed by atoms with Gasteiger partial charge in [-0.3, -0.25) is 9.69 Å². The fourth-order valence-electron chi connectivity index (χ4n) is 2.43. The number of likely N-dealkylation sites (N-methyl/N-ethyl adjacent to an activating group) is 1. The van der Waals surface area contributed by atoms with Gasteiger partial charge in [-0.2, -0.15) is 0 Å². The van der Waals surface area contributed by atoms with E-state index in [4.69, 9.17) is 4.74 Å². The molecule has 1 atom stereocenters. The molecule has 1 rings (SSSR count). The summed E-state index contributed by atoms with van der Waals surface area (Å²) in [4.78, 5) is 13.6. The van der Waals surface area contributed by atoms with E-state index in [1.807, 2.05) is 11.9 Å². The van der Waals surface area contributed by atoms with Crippen molar-refractivity contribution in [3.05, 3.63) is 0 Å². The number of rotatable bonds is 7. The zero-order valence-electron chi connectivity index (χ0n) is 11.5. The first-order valence-electron chi connectivity index (χ1n) is 6.76. The van der Waals surface area contributed by atoms with Crippen molar-refractivity contribution in [3.63, 3.8) is 0 Å². The lowest BCUT2D eigenvalue weighted by Gasteiger charge is -2.25. The minimum absolute atomic E-state index is 0.0500. The normalized spacial score (nSPS) is 18.9. The summed E-state index contributed by atoms with van der Waals surface area (Å²) in [6, 6.07) is 0.351. The van der Waals surface area contributed by atoms with Crippen LogP contribution in [0.5, 0.6) is 0 Å². The highest BCUT2D eigenvalue weighted by molar-refractivity contribution is 5.78. The van der Waals surface area contributed by atoms with E-state index in [0.717, 1.165) is 12.8 Å². The van der Waals surface area contributed by atoms with E-state index in [2.05, 4.69) is 5.32 Å². The maximum atomic E-state index is 11.8. The number of nitrogens with one attached hydrogen (secondary N) is 1. The van der Waals surface area contributed by atoms with Crippen LogP contribution in [0.2, 0.25) is 0 Å². The van der Waals surface area contributed by atoms with Crippen LogP contribution >= 0.6 is 0 Å². The smallest absolute Gasteiger partial charge is 0.234 e. The summed E-state index contributed by atoms with van der Waals surface area (Å²) in [7, 11) is 3.39. The third-order valence-corrected chi connectivity index (χ3v) is 3.27. The molecule has 0 aromatic heterocycles. The summed E-state index contributed by atoms with van der Waals surface area (Å²) in [6.45, 7) is 1.08. The van der Waals surface area contributed by atoms with Gasteiger partial charge in [0.05, 0.1) is 19.3 Å². The Bertz CT molecular complexity index is 242. The van der Waals surface area contributed by atoms with Crippen molar-refractivity contribution < 1.29 is 14.6 Å². The lowest BCUT2D eigenvalue weighted by Crippen LogP contribution is -2.43. The minimum atomic E-state index is -0.539. The molecule has 2 N–H and O–H groups in total. The molecule has 18 heavy (non-hydrogen) atoms. The predicted molar refractivity (Wildman–Crippen MR) is 70.4 cm³/mol. The fraction of sp³-hybridized carbons (Fsp3) is 0.923. The number of hydrogen-bond acceptors (Lipinski definition) is 4. The number of amides is 1. The Labute approximate surface area is 109 Å². The van der Waals surface area contributed by atoms with Crippen molar-refractivity contribution in [1.29, 1.82) is 0 Å². The van der Waals surface area contributed by atoms with Gasteiger partial charge in [-0.1, -0.05) is 19.3 Å². The van der Waals surface area contributed by atoms with Gasteiger partial charge < -0.3 is 15.2 Å². The van der Waals surface area contributed by atoms with Crippen molar-refractivity contribution in [2.75, 3.05) is 33.9 Å². The SMILES string of the molecule is COCC(O)CN(C)CC(=O)NC1CCCCC1. The van der Waals surface area contributed by atoms with Crippen LogP contribution in [0.3, 0.4) is 0 Å². The number of nitrogens with zero attached hydrogens (tertiary/aromatic N) is 1. The molecule has 0 aromatic rings. The van der Waals surface area contributed by atoms with E-state index in [1.54, 1.807) is 7.11 Å². The van der Waals surface area contributed by atoms with Gasteiger partial charge in [-0.25, -0.2) is 0 Å². The molecule has 1 aliphatic carbocycles. The molecule has 0 bridgehead atoms. The van der Waals surface area contributed by atoms with Crippen molar-refractivity contribution in [3.8, 4) is 0 Å². The average Bonchev–Trinajstić information content (AvgIpc) is 2.29. The topological polar surface area (TPSA) is 61.8 Å². The molecule has 1 aliphatic rings. The molecule has 1 unspecified atom stereocenters. The van der Waals surface area contributed by atoms with Crippen molar-refractivity contribution in [2.24, 2.45) is 0 Å². The van der Waals surface area contributed by atoms with E-state index in [-0.39, 0.29) is 5.91 Å². The molecule has 1 saturated carbocycles. The van der Waals surface area contributed by atoms with Crippen LogP contribution in [-0.2, 0) is 9.53 Å². The molecule has 0 radical (unpaired) electrons. The maximum absolute atomic E-state index is 11.8. The first kappa shape index (κ1) is 15.4. The quantitative estimate of drug-likeness (QED) is 0.693. The lowest BCUT2D eigenvalue weighted by atomic mass is 9.95. The summed E-state index contributed by atoms with van der Waals surface area (Å²) in [5.41, 5.74) is 0. The molecule has 5 nitrogen and oxygen atoms in total. The van der Waals surface area contributed by atoms with Gasteiger partial charge in [0.1, 0.15) is 0 Å². The van der Waals surface area contributed by atoms with Gasteiger partial charge >= 0.3 is 0 Å². The van der Waals surface area contributed by atoms with Crippen molar-refractivity contribution >= 4 is 5.91 Å². The largest absolute Gasteiger partial charge is 0.389 e. The van der Waals surface area contributed by atoms with Gasteiger partial charge in [-0.05, 0) is 19.9 Å². The van der Waals surface area contributed by atoms with Crippen LogP contribution in [0.25, 0.3) is 0 Å². The molecular weight excluding hydrogens is 232 g/mol. The number of aliphatic hydroxyl groups excluding tert-OH is 1. The van der Waals surface area contributed by atoms with E-state index >= 15 is 0 Å². The maximum Gasteiger partial charge on any atom is 0.234 e. The van der Waals surface area contributed by atoms with Gasteiger partial charge in [0.25, 0.3) is 0 Å². The molecular formula is C13H26N2O3. The van der Waals surface area contributed by atoms with Gasteiger partial charge in [0.2, 0.25) is 5.91 Å². The monoisotopic (exact) mass is 258 g/mol. The van der Waals surface area contributed by atoms with Crippen LogP contribution in [0, 0.1) is 0 Å². The zero-order chi connectivity index (χ0) is 13.4. The molecule has 0 heterocycles. The molecule has 0 aromatic carbocycles. The van der Waals surface area contributed by atoms with Crippen molar-refractivity contribution in [1.82, 2.24) is 10.2 Å². The molecule has 0 aliphatic heterocycles. The summed E-state index contributed by atoms with van der Waals surface area (Å²) >= 11 is 0. The Morgan fingerprint density at radius 2 is 2.11 bits per heavy atom. The Balaban J connectivity index is 2.17. The Kier molecular flexibility index (Phi) is 7.23. The van der Waals surface area contributed by atoms with E-state index in [9.17, 15) is 9.90 Å². The Morgan fingerprint density at radius 1 is 1.44 bits per heavy atom.